The van der Waals surface area contributed by atoms with Crippen LogP contribution in [0.2, 0.25) is 0 Å². The number of rotatable bonds is 4. The van der Waals surface area contributed by atoms with Crippen LogP contribution >= 0.6 is 0 Å². The molecule has 65 valence electrons. The zero-order valence-corrected chi connectivity index (χ0v) is 7.88. The van der Waals surface area contributed by atoms with Gasteiger partial charge >= 0.3 is 0 Å². The molecule has 0 amide bonds. The summed E-state index contributed by atoms with van der Waals surface area (Å²) in [5.74, 6) is 0. The van der Waals surface area contributed by atoms with E-state index >= 15 is 0 Å². The molecule has 0 atom stereocenters. The van der Waals surface area contributed by atoms with Crippen LogP contribution in [-0.4, -0.2) is 0 Å². The van der Waals surface area contributed by atoms with Crippen LogP contribution in [0.25, 0.3) is 0 Å². The molecule has 0 N–H and O–H groups in total. The van der Waals surface area contributed by atoms with Crippen molar-refractivity contribution in [1.29, 1.82) is 0 Å². The molecule has 1 heterocycles. The summed E-state index contributed by atoms with van der Waals surface area (Å²) in [5.41, 5.74) is 2.42. The molecule has 0 saturated heterocycles. The first-order valence-electron chi connectivity index (χ1n) is 4.59. The molecule has 1 heteroatoms. The molecule has 0 bridgehead atoms. The number of nitrogens with zero attached hydrogens (tertiary/aromatic N) is 1. The fraction of sp³-hybridized carbons (Fsp3) is 0.455. The van der Waals surface area contributed by atoms with Crippen LogP contribution in [0, 0.1) is 0 Å². The fourth-order valence-electron chi connectivity index (χ4n) is 1.16. The van der Waals surface area contributed by atoms with E-state index in [0.29, 0.717) is 0 Å². The Labute approximate surface area is 74.9 Å². The number of hydrogen-bond donors (Lipinski definition) is 0. The Morgan fingerprint density at radius 1 is 1.58 bits per heavy atom. The number of unbranched alkanes of at least 4 members (excludes halogenated alkanes) is 2. The highest BCUT2D eigenvalue weighted by Gasteiger charge is 2.00. The van der Waals surface area contributed by atoms with E-state index in [9.17, 15) is 0 Å². The standard InChI is InChI=1S/C11H16N/c1-3-4-5-7-10(2)11-8-6-9-12-11/h6-9H,3-5H2,1-2H3/b10-7+. The van der Waals surface area contributed by atoms with Gasteiger partial charge in [0.1, 0.15) is 0 Å². The average Bonchev–Trinajstić information content (AvgIpc) is 2.56. The quantitative estimate of drug-likeness (QED) is 0.564. The lowest BCUT2D eigenvalue weighted by atomic mass is 10.1. The lowest BCUT2D eigenvalue weighted by molar-refractivity contribution is 0.810. The van der Waals surface area contributed by atoms with Crippen molar-refractivity contribution < 1.29 is 0 Å². The molecule has 0 aliphatic carbocycles. The Bertz CT molecular complexity index is 221. The molecular formula is C11H16N. The van der Waals surface area contributed by atoms with Crippen LogP contribution in [-0.2, 0) is 0 Å². The topological polar surface area (TPSA) is 14.1 Å². The number of hydrogen-bond acceptors (Lipinski definition) is 0. The largest absolute Gasteiger partial charge is 0.257 e. The summed E-state index contributed by atoms with van der Waals surface area (Å²) in [7, 11) is 0. The average molecular weight is 162 g/mol. The second-order valence-electron chi connectivity index (χ2n) is 3.05. The summed E-state index contributed by atoms with van der Waals surface area (Å²) in [6, 6.07) is 0. The van der Waals surface area contributed by atoms with Gasteiger partial charge in [-0.2, -0.15) is 0 Å². The molecule has 0 spiro atoms. The van der Waals surface area contributed by atoms with Crippen molar-refractivity contribution in [2.75, 3.05) is 0 Å². The predicted molar refractivity (Wildman–Crippen MR) is 52.6 cm³/mol. The Morgan fingerprint density at radius 2 is 2.42 bits per heavy atom. The van der Waals surface area contributed by atoms with E-state index in [1.165, 1.54) is 24.8 Å². The van der Waals surface area contributed by atoms with E-state index in [4.69, 9.17) is 0 Å². The fourth-order valence-corrected chi connectivity index (χ4v) is 1.16. The van der Waals surface area contributed by atoms with Gasteiger partial charge in [0.25, 0.3) is 0 Å². The second-order valence-corrected chi connectivity index (χ2v) is 3.05. The first kappa shape index (κ1) is 9.11. The Hall–Kier alpha value is -0.980. The lowest BCUT2D eigenvalue weighted by Gasteiger charge is -2.00. The third kappa shape index (κ3) is 2.57. The first-order chi connectivity index (χ1) is 5.84. The molecular weight excluding hydrogens is 146 g/mol. The molecule has 0 saturated carbocycles. The van der Waals surface area contributed by atoms with Crippen LogP contribution < -0.4 is 5.32 Å². The van der Waals surface area contributed by atoms with Gasteiger partial charge < -0.3 is 0 Å². The molecule has 0 unspecified atom stereocenters. The highest BCUT2D eigenvalue weighted by atomic mass is 14.9. The van der Waals surface area contributed by atoms with Gasteiger partial charge in [-0.15, -0.1) is 0 Å². The van der Waals surface area contributed by atoms with Crippen LogP contribution in [0.5, 0.6) is 0 Å². The maximum Gasteiger partial charge on any atom is 0.0656 e. The van der Waals surface area contributed by atoms with E-state index in [0.717, 1.165) is 5.70 Å². The van der Waals surface area contributed by atoms with Crippen LogP contribution in [0.3, 0.4) is 0 Å². The molecule has 1 nitrogen and oxygen atoms in total. The Balaban J connectivity index is 2.36. The summed E-state index contributed by atoms with van der Waals surface area (Å²) in [4.78, 5) is 0. The SMILES string of the molecule is CCCC/C=C(\C)C1=CC=C[N]1. The smallest absolute Gasteiger partial charge is 0.0656 e. The summed E-state index contributed by atoms with van der Waals surface area (Å²) >= 11 is 0. The third-order valence-electron chi connectivity index (χ3n) is 1.97. The van der Waals surface area contributed by atoms with E-state index < -0.39 is 0 Å². The van der Waals surface area contributed by atoms with E-state index in [2.05, 4.69) is 31.3 Å². The van der Waals surface area contributed by atoms with E-state index in [1.54, 1.807) is 0 Å². The lowest BCUT2D eigenvalue weighted by Crippen LogP contribution is -1.93. The normalized spacial score (nSPS) is 16.2. The summed E-state index contributed by atoms with van der Waals surface area (Å²) in [6.07, 6.45) is 11.9. The molecule has 1 rings (SSSR count). The van der Waals surface area contributed by atoms with Gasteiger partial charge in [0.2, 0.25) is 0 Å². The molecule has 0 aromatic rings. The molecule has 1 aliphatic heterocycles. The maximum absolute atomic E-state index is 4.23. The van der Waals surface area contributed by atoms with E-state index in [1.807, 2.05) is 12.3 Å². The minimum Gasteiger partial charge on any atom is -0.257 e. The van der Waals surface area contributed by atoms with E-state index in [-0.39, 0.29) is 0 Å². The second kappa shape index (κ2) is 4.81. The zero-order chi connectivity index (χ0) is 8.81. The zero-order valence-electron chi connectivity index (χ0n) is 7.88. The van der Waals surface area contributed by atoms with Crippen LogP contribution in [0.4, 0.5) is 0 Å². The van der Waals surface area contributed by atoms with Crippen LogP contribution in [0.15, 0.2) is 35.7 Å². The molecule has 1 aliphatic rings. The van der Waals surface area contributed by atoms with Gasteiger partial charge in [0.05, 0.1) is 5.70 Å². The molecule has 0 fully saturated rings. The molecule has 0 aromatic heterocycles. The third-order valence-corrected chi connectivity index (χ3v) is 1.97. The summed E-state index contributed by atoms with van der Waals surface area (Å²) < 4.78 is 0. The Kier molecular flexibility index (Phi) is 3.65. The highest BCUT2D eigenvalue weighted by molar-refractivity contribution is 5.35. The number of allylic oxidation sites excluding steroid dienone is 4. The van der Waals surface area contributed by atoms with Gasteiger partial charge in [-0.25, -0.2) is 0 Å². The van der Waals surface area contributed by atoms with Crippen molar-refractivity contribution in [3.8, 4) is 0 Å². The van der Waals surface area contributed by atoms with Crippen molar-refractivity contribution in [2.24, 2.45) is 0 Å². The van der Waals surface area contributed by atoms with Crippen molar-refractivity contribution in [3.05, 3.63) is 35.7 Å². The van der Waals surface area contributed by atoms with Crippen molar-refractivity contribution in [2.45, 2.75) is 33.1 Å². The van der Waals surface area contributed by atoms with Crippen molar-refractivity contribution >= 4 is 0 Å². The summed E-state index contributed by atoms with van der Waals surface area (Å²) in [6.45, 7) is 4.34. The predicted octanol–water partition coefficient (Wildman–Crippen LogP) is 3.14. The molecule has 1 radical (unpaired) electrons. The van der Waals surface area contributed by atoms with Crippen molar-refractivity contribution in [3.63, 3.8) is 0 Å². The van der Waals surface area contributed by atoms with Gasteiger partial charge in [-0.1, -0.05) is 25.8 Å². The van der Waals surface area contributed by atoms with Gasteiger partial charge in [0.15, 0.2) is 0 Å². The Morgan fingerprint density at radius 3 is 3.00 bits per heavy atom. The molecule has 12 heavy (non-hydrogen) atoms. The first-order valence-corrected chi connectivity index (χ1v) is 4.59. The maximum atomic E-state index is 4.23. The van der Waals surface area contributed by atoms with Gasteiger partial charge in [0, 0.05) is 6.20 Å². The minimum atomic E-state index is 1.12. The van der Waals surface area contributed by atoms with Crippen LogP contribution in [0.1, 0.15) is 33.1 Å². The molecule has 0 aromatic carbocycles. The van der Waals surface area contributed by atoms with Gasteiger partial charge in [-0.3, -0.25) is 5.32 Å². The minimum absolute atomic E-state index is 1.12. The monoisotopic (exact) mass is 162 g/mol. The highest BCUT2D eigenvalue weighted by Crippen LogP contribution is 2.13. The van der Waals surface area contributed by atoms with Gasteiger partial charge in [-0.05, 0) is 31.1 Å². The van der Waals surface area contributed by atoms with Crippen molar-refractivity contribution in [1.82, 2.24) is 5.32 Å². The summed E-state index contributed by atoms with van der Waals surface area (Å²) in [5, 5.41) is 4.23.